The molecule has 2 amide bonds. The van der Waals surface area contributed by atoms with Crippen molar-refractivity contribution in [2.75, 3.05) is 38.6 Å². The van der Waals surface area contributed by atoms with Crippen LogP contribution >= 0.6 is 12.4 Å². The van der Waals surface area contributed by atoms with Crippen molar-refractivity contribution in [3.05, 3.63) is 24.3 Å². The molecule has 0 spiro atoms. The molecular weight excluding hydrogens is 318 g/mol. The van der Waals surface area contributed by atoms with Crippen LogP contribution in [0.15, 0.2) is 24.3 Å². The lowest BCUT2D eigenvalue weighted by atomic mass is 10.0. The van der Waals surface area contributed by atoms with Gasteiger partial charge in [-0.3, -0.25) is 9.59 Å². The molecule has 2 N–H and O–H groups in total. The minimum absolute atomic E-state index is 0. The van der Waals surface area contributed by atoms with E-state index in [0.29, 0.717) is 31.1 Å². The third kappa shape index (κ3) is 5.11. The topological polar surface area (TPSA) is 70.7 Å². The number of anilines is 1. The minimum atomic E-state index is -0.210. The van der Waals surface area contributed by atoms with E-state index in [1.54, 1.807) is 24.1 Å². The van der Waals surface area contributed by atoms with Crippen molar-refractivity contribution in [3.8, 4) is 5.75 Å². The number of carbonyl (C=O) groups excluding carboxylic acids is 2. The van der Waals surface area contributed by atoms with Gasteiger partial charge in [0, 0.05) is 19.6 Å². The van der Waals surface area contributed by atoms with Crippen molar-refractivity contribution in [1.29, 1.82) is 0 Å². The molecule has 7 heteroatoms. The molecule has 0 atom stereocenters. The first-order valence-electron chi connectivity index (χ1n) is 7.58. The van der Waals surface area contributed by atoms with Crippen molar-refractivity contribution >= 4 is 29.9 Å². The maximum atomic E-state index is 12.3. The highest BCUT2D eigenvalue weighted by atomic mass is 35.5. The molecule has 0 saturated carbocycles. The van der Waals surface area contributed by atoms with Crippen LogP contribution in [-0.4, -0.2) is 50.0 Å². The zero-order valence-electron chi connectivity index (χ0n) is 13.5. The Labute approximate surface area is 143 Å². The van der Waals surface area contributed by atoms with Gasteiger partial charge in [-0.2, -0.15) is 0 Å². The SMILES string of the molecule is CCCN(CC(=O)Nc1ccccc1OC)C(=O)C1CNC1.Cl. The molecule has 1 aromatic rings. The molecule has 6 nitrogen and oxygen atoms in total. The summed E-state index contributed by atoms with van der Waals surface area (Å²) in [5.74, 6) is 0.451. The van der Waals surface area contributed by atoms with Gasteiger partial charge in [0.2, 0.25) is 11.8 Å². The number of hydrogen-bond donors (Lipinski definition) is 2. The van der Waals surface area contributed by atoms with E-state index < -0.39 is 0 Å². The number of ether oxygens (including phenoxy) is 1. The molecule has 1 aromatic carbocycles. The van der Waals surface area contributed by atoms with E-state index in [9.17, 15) is 9.59 Å². The third-order valence-corrected chi connectivity index (χ3v) is 3.65. The van der Waals surface area contributed by atoms with E-state index in [2.05, 4.69) is 10.6 Å². The van der Waals surface area contributed by atoms with Gasteiger partial charge < -0.3 is 20.3 Å². The Morgan fingerprint density at radius 2 is 2.04 bits per heavy atom. The third-order valence-electron chi connectivity index (χ3n) is 3.65. The Morgan fingerprint density at radius 1 is 1.35 bits per heavy atom. The highest BCUT2D eigenvalue weighted by Crippen LogP contribution is 2.22. The van der Waals surface area contributed by atoms with Crippen molar-refractivity contribution in [3.63, 3.8) is 0 Å². The summed E-state index contributed by atoms with van der Waals surface area (Å²) in [6, 6.07) is 7.22. The second-order valence-corrected chi connectivity index (χ2v) is 5.36. The fourth-order valence-electron chi connectivity index (χ4n) is 2.37. The monoisotopic (exact) mass is 341 g/mol. The summed E-state index contributed by atoms with van der Waals surface area (Å²) < 4.78 is 5.21. The lowest BCUT2D eigenvalue weighted by Crippen LogP contribution is -2.53. The molecule has 1 heterocycles. The van der Waals surface area contributed by atoms with Gasteiger partial charge in [-0.1, -0.05) is 19.1 Å². The summed E-state index contributed by atoms with van der Waals surface area (Å²) in [6.07, 6.45) is 0.827. The van der Waals surface area contributed by atoms with Gasteiger partial charge >= 0.3 is 0 Å². The molecule has 0 unspecified atom stereocenters. The van der Waals surface area contributed by atoms with E-state index in [4.69, 9.17) is 4.74 Å². The summed E-state index contributed by atoms with van der Waals surface area (Å²) in [5, 5.41) is 5.89. The number of nitrogens with one attached hydrogen (secondary N) is 2. The smallest absolute Gasteiger partial charge is 0.244 e. The fourth-order valence-corrected chi connectivity index (χ4v) is 2.37. The van der Waals surface area contributed by atoms with Crippen molar-refractivity contribution in [2.24, 2.45) is 5.92 Å². The first-order chi connectivity index (χ1) is 10.7. The second-order valence-electron chi connectivity index (χ2n) is 5.36. The Morgan fingerprint density at radius 3 is 2.61 bits per heavy atom. The first-order valence-corrected chi connectivity index (χ1v) is 7.58. The second kappa shape index (κ2) is 9.37. The highest BCUT2D eigenvalue weighted by Gasteiger charge is 2.29. The van der Waals surface area contributed by atoms with Crippen LogP contribution in [0.2, 0.25) is 0 Å². The van der Waals surface area contributed by atoms with Gasteiger partial charge in [-0.05, 0) is 18.6 Å². The lowest BCUT2D eigenvalue weighted by molar-refractivity contribution is -0.139. The van der Waals surface area contributed by atoms with Gasteiger partial charge in [-0.15, -0.1) is 12.4 Å². The van der Waals surface area contributed by atoms with Gasteiger partial charge in [0.25, 0.3) is 0 Å². The van der Waals surface area contributed by atoms with Crippen LogP contribution in [0.5, 0.6) is 5.75 Å². The normalized spacial score (nSPS) is 13.5. The van der Waals surface area contributed by atoms with Crippen molar-refractivity contribution in [1.82, 2.24) is 10.2 Å². The summed E-state index contributed by atoms with van der Waals surface area (Å²) in [5.41, 5.74) is 0.615. The van der Waals surface area contributed by atoms with E-state index in [1.807, 2.05) is 19.1 Å². The minimum Gasteiger partial charge on any atom is -0.495 e. The van der Waals surface area contributed by atoms with Crippen LogP contribution in [-0.2, 0) is 9.59 Å². The predicted octanol–water partition coefficient (Wildman–Crippen LogP) is 1.51. The van der Waals surface area contributed by atoms with Gasteiger partial charge in [-0.25, -0.2) is 0 Å². The largest absolute Gasteiger partial charge is 0.495 e. The molecule has 0 bridgehead atoms. The fraction of sp³-hybridized carbons (Fsp3) is 0.500. The highest BCUT2D eigenvalue weighted by molar-refractivity contribution is 5.96. The number of rotatable bonds is 7. The van der Waals surface area contributed by atoms with Crippen LogP contribution in [0, 0.1) is 5.92 Å². The summed E-state index contributed by atoms with van der Waals surface area (Å²) in [6.45, 7) is 4.06. The van der Waals surface area contributed by atoms with Crippen LogP contribution in [0.1, 0.15) is 13.3 Å². The Hall–Kier alpha value is -1.79. The van der Waals surface area contributed by atoms with Crippen molar-refractivity contribution < 1.29 is 14.3 Å². The first kappa shape index (κ1) is 19.3. The van der Waals surface area contributed by atoms with Gasteiger partial charge in [0.1, 0.15) is 5.75 Å². The quantitative estimate of drug-likeness (QED) is 0.788. The Kier molecular flexibility index (Phi) is 7.85. The van der Waals surface area contributed by atoms with E-state index in [1.165, 1.54) is 0 Å². The maximum Gasteiger partial charge on any atom is 0.244 e. The lowest BCUT2D eigenvalue weighted by Gasteiger charge is -2.32. The number of benzene rings is 1. The molecule has 23 heavy (non-hydrogen) atoms. The van der Waals surface area contributed by atoms with E-state index in [0.717, 1.165) is 6.42 Å². The number of methoxy groups -OCH3 is 1. The molecule has 0 aromatic heterocycles. The Balaban J connectivity index is 0.00000264. The molecule has 1 saturated heterocycles. The van der Waals surface area contributed by atoms with Crippen molar-refractivity contribution in [2.45, 2.75) is 13.3 Å². The van der Waals surface area contributed by atoms with Crippen LogP contribution < -0.4 is 15.4 Å². The molecule has 1 fully saturated rings. The molecular formula is C16H24ClN3O3. The average molecular weight is 342 g/mol. The molecule has 1 aliphatic rings. The number of hydrogen-bond acceptors (Lipinski definition) is 4. The van der Waals surface area contributed by atoms with Gasteiger partial charge in [0.15, 0.2) is 0 Å². The van der Waals surface area contributed by atoms with E-state index >= 15 is 0 Å². The maximum absolute atomic E-state index is 12.3. The predicted molar refractivity (Wildman–Crippen MR) is 92.1 cm³/mol. The Bertz CT molecular complexity index is 535. The number of carbonyl (C=O) groups is 2. The van der Waals surface area contributed by atoms with Gasteiger partial charge in [0.05, 0.1) is 25.3 Å². The molecule has 128 valence electrons. The summed E-state index contributed by atoms with van der Waals surface area (Å²) in [4.78, 5) is 26.2. The summed E-state index contributed by atoms with van der Waals surface area (Å²) >= 11 is 0. The number of para-hydroxylation sites is 2. The van der Waals surface area contributed by atoms with Crippen LogP contribution in [0.4, 0.5) is 5.69 Å². The number of nitrogens with zero attached hydrogens (tertiary/aromatic N) is 1. The molecule has 1 aliphatic heterocycles. The van der Waals surface area contributed by atoms with E-state index in [-0.39, 0.29) is 36.7 Å². The number of amides is 2. The number of halogens is 1. The summed E-state index contributed by atoms with van der Waals surface area (Å²) in [7, 11) is 1.56. The molecule has 0 aliphatic carbocycles. The zero-order valence-corrected chi connectivity index (χ0v) is 14.3. The average Bonchev–Trinajstić information content (AvgIpc) is 2.45. The standard InChI is InChI=1S/C16H23N3O3.ClH/c1-3-8-19(16(21)12-9-17-10-12)11-15(20)18-13-6-4-5-7-14(13)22-2;/h4-7,12,17H,3,8-11H2,1-2H3,(H,18,20);1H. The molecule has 2 rings (SSSR count). The van der Waals surface area contributed by atoms with Crippen LogP contribution in [0.25, 0.3) is 0 Å². The van der Waals surface area contributed by atoms with Crippen LogP contribution in [0.3, 0.4) is 0 Å². The zero-order chi connectivity index (χ0) is 15.9. The molecule has 0 radical (unpaired) electrons.